The van der Waals surface area contributed by atoms with Gasteiger partial charge in [0.25, 0.3) is 0 Å². The number of cyclic esters (lactones) is 1. The summed E-state index contributed by atoms with van der Waals surface area (Å²) >= 11 is 0. The third-order valence-corrected chi connectivity index (χ3v) is 2.97. The summed E-state index contributed by atoms with van der Waals surface area (Å²) in [5, 5.41) is 2.68. The summed E-state index contributed by atoms with van der Waals surface area (Å²) in [6.07, 6.45) is 5.02. The van der Waals surface area contributed by atoms with E-state index in [-0.39, 0.29) is 37.4 Å². The van der Waals surface area contributed by atoms with Crippen molar-refractivity contribution in [2.24, 2.45) is 5.92 Å². The second kappa shape index (κ2) is 8.56. The van der Waals surface area contributed by atoms with E-state index in [0.29, 0.717) is 19.3 Å². The van der Waals surface area contributed by atoms with E-state index < -0.39 is 11.5 Å². The van der Waals surface area contributed by atoms with Gasteiger partial charge < -0.3 is 14.8 Å². The Labute approximate surface area is 131 Å². The lowest BCUT2D eigenvalue weighted by molar-refractivity contribution is -0.157. The van der Waals surface area contributed by atoms with Crippen LogP contribution in [0.5, 0.6) is 0 Å². The number of esters is 2. The van der Waals surface area contributed by atoms with Gasteiger partial charge in [-0.3, -0.25) is 14.4 Å². The minimum absolute atomic E-state index is 0.0350. The maximum absolute atomic E-state index is 12.1. The van der Waals surface area contributed by atoms with Gasteiger partial charge in [0.15, 0.2) is 0 Å². The molecule has 1 aliphatic rings. The molecule has 1 aliphatic heterocycles. The van der Waals surface area contributed by atoms with E-state index in [9.17, 15) is 14.4 Å². The first-order chi connectivity index (χ1) is 10.3. The Hall–Kier alpha value is -1.85. The minimum atomic E-state index is -0.566. The first-order valence-electron chi connectivity index (χ1n) is 7.58. The molecule has 0 unspecified atom stereocenters. The zero-order chi connectivity index (χ0) is 16.6. The number of hydrogen-bond acceptors (Lipinski definition) is 5. The smallest absolute Gasteiger partial charge is 0.307 e. The van der Waals surface area contributed by atoms with Crippen molar-refractivity contribution in [3.05, 3.63) is 12.2 Å². The summed E-state index contributed by atoms with van der Waals surface area (Å²) in [7, 11) is 0. The number of hydrogen-bond donors (Lipinski definition) is 1. The van der Waals surface area contributed by atoms with Gasteiger partial charge >= 0.3 is 11.9 Å². The van der Waals surface area contributed by atoms with Crippen LogP contribution in [0.25, 0.3) is 0 Å². The Morgan fingerprint density at radius 1 is 1.36 bits per heavy atom. The number of allylic oxidation sites excluding steroid dienone is 2. The molecule has 0 saturated heterocycles. The maximum atomic E-state index is 12.1. The SMILES string of the molecule is CC(C)(C)OC(=O)C[C@@H]1C/C=C\CCC(=O)OCCNC1=O. The van der Waals surface area contributed by atoms with Crippen LogP contribution in [0.3, 0.4) is 0 Å². The lowest BCUT2D eigenvalue weighted by atomic mass is 9.99. The van der Waals surface area contributed by atoms with E-state index in [1.807, 2.05) is 12.2 Å². The number of amides is 1. The molecule has 1 heterocycles. The average molecular weight is 311 g/mol. The van der Waals surface area contributed by atoms with E-state index >= 15 is 0 Å². The molecule has 124 valence electrons. The highest BCUT2D eigenvalue weighted by molar-refractivity contribution is 5.84. The molecule has 1 rings (SSSR count). The first kappa shape index (κ1) is 18.2. The Bertz CT molecular complexity index is 436. The van der Waals surface area contributed by atoms with Gasteiger partial charge in [-0.15, -0.1) is 0 Å². The number of carbonyl (C=O) groups is 3. The molecule has 22 heavy (non-hydrogen) atoms. The maximum Gasteiger partial charge on any atom is 0.307 e. The van der Waals surface area contributed by atoms with Crippen LogP contribution < -0.4 is 5.32 Å². The zero-order valence-corrected chi connectivity index (χ0v) is 13.5. The van der Waals surface area contributed by atoms with E-state index in [0.717, 1.165) is 0 Å². The third kappa shape index (κ3) is 7.81. The van der Waals surface area contributed by atoms with Crippen LogP contribution in [0.4, 0.5) is 0 Å². The van der Waals surface area contributed by atoms with E-state index in [4.69, 9.17) is 9.47 Å². The summed E-state index contributed by atoms with van der Waals surface area (Å²) in [4.78, 5) is 35.3. The summed E-state index contributed by atoms with van der Waals surface area (Å²) in [6.45, 7) is 5.77. The van der Waals surface area contributed by atoms with Crippen molar-refractivity contribution in [2.75, 3.05) is 13.2 Å². The molecule has 1 N–H and O–H groups in total. The van der Waals surface area contributed by atoms with Crippen molar-refractivity contribution in [1.29, 1.82) is 0 Å². The molecule has 1 atom stereocenters. The Morgan fingerprint density at radius 3 is 2.77 bits per heavy atom. The summed E-state index contributed by atoms with van der Waals surface area (Å²) in [5.41, 5.74) is -0.566. The summed E-state index contributed by atoms with van der Waals surface area (Å²) in [6, 6.07) is 0. The summed E-state index contributed by atoms with van der Waals surface area (Å²) < 4.78 is 10.2. The zero-order valence-electron chi connectivity index (χ0n) is 13.5. The van der Waals surface area contributed by atoms with Crippen LogP contribution in [0.2, 0.25) is 0 Å². The van der Waals surface area contributed by atoms with Gasteiger partial charge in [-0.05, 0) is 33.6 Å². The standard InChI is InChI=1S/C16H25NO5/c1-16(2,3)22-14(19)11-12-7-5-4-6-8-13(18)21-10-9-17-15(12)20/h4-5,12H,6-11H2,1-3H3,(H,17,20)/b5-4-/t12-/m0/s1. The largest absolute Gasteiger partial charge is 0.464 e. The Kier molecular flexibility index (Phi) is 7.08. The Balaban J connectivity index is 2.64. The van der Waals surface area contributed by atoms with Gasteiger partial charge in [-0.2, -0.15) is 0 Å². The van der Waals surface area contributed by atoms with Gasteiger partial charge in [0, 0.05) is 6.42 Å². The van der Waals surface area contributed by atoms with Crippen LogP contribution in [0, 0.1) is 5.92 Å². The fraction of sp³-hybridized carbons (Fsp3) is 0.688. The lowest BCUT2D eigenvalue weighted by Crippen LogP contribution is -2.35. The van der Waals surface area contributed by atoms with Crippen LogP contribution in [-0.2, 0) is 23.9 Å². The fourth-order valence-electron chi connectivity index (χ4n) is 2.00. The molecule has 1 amide bonds. The second-order valence-electron chi connectivity index (χ2n) is 6.24. The van der Waals surface area contributed by atoms with Crippen LogP contribution in [0.15, 0.2) is 12.2 Å². The molecular formula is C16H25NO5. The normalized spacial score (nSPS) is 22.6. The van der Waals surface area contributed by atoms with E-state index in [1.165, 1.54) is 0 Å². The summed E-state index contributed by atoms with van der Waals surface area (Å²) in [5.74, 6) is -1.36. The number of carbonyl (C=O) groups excluding carboxylic acids is 3. The van der Waals surface area contributed by atoms with Crippen molar-refractivity contribution in [3.8, 4) is 0 Å². The van der Waals surface area contributed by atoms with Crippen LogP contribution in [-0.4, -0.2) is 36.6 Å². The lowest BCUT2D eigenvalue weighted by Gasteiger charge is -2.21. The molecule has 0 saturated carbocycles. The minimum Gasteiger partial charge on any atom is -0.464 e. The number of rotatable bonds is 2. The fourth-order valence-corrected chi connectivity index (χ4v) is 2.00. The topological polar surface area (TPSA) is 81.7 Å². The molecule has 0 aromatic rings. The van der Waals surface area contributed by atoms with Crippen LogP contribution in [0.1, 0.15) is 46.5 Å². The van der Waals surface area contributed by atoms with Crippen molar-refractivity contribution in [2.45, 2.75) is 52.1 Å². The number of ether oxygens (including phenoxy) is 2. The van der Waals surface area contributed by atoms with E-state index in [2.05, 4.69) is 5.32 Å². The van der Waals surface area contributed by atoms with E-state index in [1.54, 1.807) is 20.8 Å². The second-order valence-corrected chi connectivity index (χ2v) is 6.24. The Morgan fingerprint density at radius 2 is 2.09 bits per heavy atom. The predicted octanol–water partition coefficient (Wildman–Crippen LogP) is 1.73. The molecule has 0 bridgehead atoms. The molecule has 0 aromatic heterocycles. The molecule has 0 aromatic carbocycles. The monoisotopic (exact) mass is 311 g/mol. The van der Waals surface area contributed by atoms with Crippen molar-refractivity contribution in [1.82, 2.24) is 5.32 Å². The molecule has 6 nitrogen and oxygen atoms in total. The highest BCUT2D eigenvalue weighted by atomic mass is 16.6. The van der Waals surface area contributed by atoms with Crippen molar-refractivity contribution in [3.63, 3.8) is 0 Å². The highest BCUT2D eigenvalue weighted by Crippen LogP contribution is 2.16. The predicted molar refractivity (Wildman–Crippen MR) is 80.9 cm³/mol. The molecule has 6 heteroatoms. The van der Waals surface area contributed by atoms with Crippen LogP contribution >= 0.6 is 0 Å². The highest BCUT2D eigenvalue weighted by Gasteiger charge is 2.24. The average Bonchev–Trinajstić information content (AvgIpc) is 2.38. The molecule has 0 aliphatic carbocycles. The molecule has 0 radical (unpaired) electrons. The molecular weight excluding hydrogens is 286 g/mol. The van der Waals surface area contributed by atoms with Gasteiger partial charge in [-0.1, -0.05) is 12.2 Å². The van der Waals surface area contributed by atoms with Crippen molar-refractivity contribution < 1.29 is 23.9 Å². The molecule has 0 spiro atoms. The van der Waals surface area contributed by atoms with Gasteiger partial charge in [-0.25, -0.2) is 0 Å². The first-order valence-corrected chi connectivity index (χ1v) is 7.58. The molecule has 0 fully saturated rings. The van der Waals surface area contributed by atoms with Gasteiger partial charge in [0.1, 0.15) is 12.2 Å². The van der Waals surface area contributed by atoms with Crippen molar-refractivity contribution >= 4 is 17.8 Å². The van der Waals surface area contributed by atoms with Gasteiger partial charge in [0.2, 0.25) is 5.91 Å². The van der Waals surface area contributed by atoms with Gasteiger partial charge in [0.05, 0.1) is 18.9 Å². The third-order valence-electron chi connectivity index (χ3n) is 2.97. The number of nitrogens with one attached hydrogen (secondary N) is 1. The quantitative estimate of drug-likeness (QED) is 0.620.